The molecule has 2 nitrogen and oxygen atoms in total. The lowest BCUT2D eigenvalue weighted by Crippen LogP contribution is -2.50. The van der Waals surface area contributed by atoms with Gasteiger partial charge in [0.25, 0.3) is 0 Å². The van der Waals surface area contributed by atoms with Gasteiger partial charge in [-0.3, -0.25) is 4.90 Å². The highest BCUT2D eigenvalue weighted by molar-refractivity contribution is 7.81. The predicted molar refractivity (Wildman–Crippen MR) is 52.5 cm³/mol. The summed E-state index contributed by atoms with van der Waals surface area (Å²) in [5, 5.41) is 0. The molecule has 0 aromatic carbocycles. The Labute approximate surface area is 79.7 Å². The molecule has 3 heteroatoms. The first-order valence-electron chi connectivity index (χ1n) is 4.68. The van der Waals surface area contributed by atoms with Crippen molar-refractivity contribution in [3.63, 3.8) is 0 Å². The number of fused-ring (bicyclic) bond motifs is 2. The average molecular weight is 187 g/mol. The van der Waals surface area contributed by atoms with Crippen molar-refractivity contribution < 1.29 is 4.74 Å². The van der Waals surface area contributed by atoms with Crippen LogP contribution in [0, 0.1) is 0 Å². The van der Waals surface area contributed by atoms with Gasteiger partial charge in [0.15, 0.2) is 0 Å². The molecule has 2 rings (SSSR count). The van der Waals surface area contributed by atoms with Gasteiger partial charge in [-0.2, -0.15) is 12.6 Å². The van der Waals surface area contributed by atoms with Crippen molar-refractivity contribution in [1.82, 2.24) is 4.90 Å². The average Bonchev–Trinajstić information content (AvgIpc) is 2.28. The maximum atomic E-state index is 5.75. The molecule has 0 radical (unpaired) electrons. The number of rotatable bonds is 1. The number of hydrogen-bond acceptors (Lipinski definition) is 3. The van der Waals surface area contributed by atoms with Crippen molar-refractivity contribution in [3.8, 4) is 0 Å². The van der Waals surface area contributed by atoms with Crippen molar-refractivity contribution in [1.29, 1.82) is 0 Å². The van der Waals surface area contributed by atoms with Gasteiger partial charge < -0.3 is 4.74 Å². The number of likely N-dealkylation sites (tertiary alicyclic amines) is 1. The van der Waals surface area contributed by atoms with Gasteiger partial charge in [0, 0.05) is 13.1 Å². The fraction of sp³-hybridized carbons (Fsp3) is 1.00. The lowest BCUT2D eigenvalue weighted by molar-refractivity contribution is -0.0532. The predicted octanol–water partition coefficient (Wildman–Crippen LogP) is 1.52. The Morgan fingerprint density at radius 1 is 1.25 bits per heavy atom. The molecule has 0 spiro atoms. The van der Waals surface area contributed by atoms with E-state index in [0.717, 1.165) is 13.1 Å². The fourth-order valence-electron chi connectivity index (χ4n) is 2.06. The van der Waals surface area contributed by atoms with Crippen LogP contribution in [0.3, 0.4) is 0 Å². The second kappa shape index (κ2) is 2.89. The van der Waals surface area contributed by atoms with Crippen molar-refractivity contribution >= 4 is 12.6 Å². The Kier molecular flexibility index (Phi) is 2.13. The number of hydrogen-bond donors (Lipinski definition) is 1. The van der Waals surface area contributed by atoms with Gasteiger partial charge in [0.2, 0.25) is 0 Å². The molecular weight excluding hydrogens is 170 g/mol. The van der Waals surface area contributed by atoms with Crippen LogP contribution in [0.15, 0.2) is 0 Å². The van der Waals surface area contributed by atoms with Crippen LogP contribution in [0.1, 0.15) is 26.7 Å². The van der Waals surface area contributed by atoms with Crippen molar-refractivity contribution in [2.45, 2.75) is 43.8 Å². The Morgan fingerprint density at radius 2 is 1.75 bits per heavy atom. The summed E-state index contributed by atoms with van der Waals surface area (Å²) in [5.74, 6) is 0. The largest absolute Gasteiger partial charge is 0.372 e. The Bertz CT molecular complexity index is 166. The normalized spacial score (nSPS) is 37.2. The molecule has 0 saturated carbocycles. The Hall–Kier alpha value is 0.270. The molecular formula is C9H17NOS. The topological polar surface area (TPSA) is 12.5 Å². The van der Waals surface area contributed by atoms with E-state index in [4.69, 9.17) is 4.74 Å². The van der Waals surface area contributed by atoms with Gasteiger partial charge in [0.05, 0.1) is 17.1 Å². The molecule has 2 bridgehead atoms. The third-order valence-corrected chi connectivity index (χ3v) is 3.10. The highest BCUT2D eigenvalue weighted by atomic mass is 32.1. The summed E-state index contributed by atoms with van der Waals surface area (Å²) in [7, 11) is 0. The zero-order chi connectivity index (χ0) is 8.77. The lowest BCUT2D eigenvalue weighted by Gasteiger charge is -2.40. The monoisotopic (exact) mass is 187 g/mol. The summed E-state index contributed by atoms with van der Waals surface area (Å²) in [6.45, 7) is 6.43. The first kappa shape index (κ1) is 8.85. The van der Waals surface area contributed by atoms with Crippen LogP contribution < -0.4 is 0 Å². The van der Waals surface area contributed by atoms with E-state index >= 15 is 0 Å². The zero-order valence-electron chi connectivity index (χ0n) is 7.79. The summed E-state index contributed by atoms with van der Waals surface area (Å²) in [4.78, 5) is 2.44. The molecule has 2 fully saturated rings. The van der Waals surface area contributed by atoms with Gasteiger partial charge in [0.1, 0.15) is 0 Å². The highest BCUT2D eigenvalue weighted by Crippen LogP contribution is 2.31. The zero-order valence-corrected chi connectivity index (χ0v) is 8.68. The molecule has 0 amide bonds. The molecule has 0 N–H and O–H groups in total. The second-order valence-electron chi connectivity index (χ2n) is 4.36. The number of ether oxygens (including phenoxy) is 1. The molecule has 2 heterocycles. The van der Waals surface area contributed by atoms with E-state index in [0.29, 0.717) is 12.2 Å². The number of thiol groups is 1. The van der Waals surface area contributed by atoms with E-state index in [2.05, 4.69) is 31.4 Å². The van der Waals surface area contributed by atoms with Gasteiger partial charge in [-0.05, 0) is 26.7 Å². The van der Waals surface area contributed by atoms with Crippen molar-refractivity contribution in [2.24, 2.45) is 0 Å². The minimum atomic E-state index is 0.0185. The Morgan fingerprint density at radius 3 is 2.17 bits per heavy atom. The summed E-state index contributed by atoms with van der Waals surface area (Å²) in [5.41, 5.74) is 0. The fourth-order valence-corrected chi connectivity index (χ4v) is 2.22. The summed E-state index contributed by atoms with van der Waals surface area (Å²) in [6.07, 6.45) is 3.45. The molecule has 2 aliphatic heterocycles. The standard InChI is InChI=1S/C9H17NOS/c1-9(2,12)10-5-7-3-4-8(6-10)11-7/h7-8,12H,3-6H2,1-2H3. The minimum absolute atomic E-state index is 0.0185. The SMILES string of the molecule is CC(C)(S)N1CC2CCC(C1)O2. The molecule has 2 aliphatic rings. The van der Waals surface area contributed by atoms with Crippen molar-refractivity contribution in [3.05, 3.63) is 0 Å². The van der Waals surface area contributed by atoms with Gasteiger partial charge in [-0.15, -0.1) is 0 Å². The van der Waals surface area contributed by atoms with E-state index in [1.807, 2.05) is 0 Å². The van der Waals surface area contributed by atoms with Crippen LogP contribution in [0.25, 0.3) is 0 Å². The molecule has 0 aromatic heterocycles. The van der Waals surface area contributed by atoms with Crippen molar-refractivity contribution in [2.75, 3.05) is 13.1 Å². The molecule has 0 aliphatic carbocycles. The van der Waals surface area contributed by atoms with Crippen LogP contribution in [0.5, 0.6) is 0 Å². The van der Waals surface area contributed by atoms with E-state index < -0.39 is 0 Å². The smallest absolute Gasteiger partial charge is 0.0707 e. The van der Waals surface area contributed by atoms with E-state index in [9.17, 15) is 0 Å². The quantitative estimate of drug-likeness (QED) is 0.625. The summed E-state index contributed by atoms with van der Waals surface area (Å²) in [6, 6.07) is 0. The van der Waals surface area contributed by atoms with Gasteiger partial charge >= 0.3 is 0 Å². The highest BCUT2D eigenvalue weighted by Gasteiger charge is 2.37. The Balaban J connectivity index is 2.03. The molecule has 0 aromatic rings. The second-order valence-corrected chi connectivity index (χ2v) is 5.45. The molecule has 2 saturated heterocycles. The summed E-state index contributed by atoms with van der Waals surface area (Å²) < 4.78 is 5.75. The maximum Gasteiger partial charge on any atom is 0.0707 e. The minimum Gasteiger partial charge on any atom is -0.372 e. The van der Waals surface area contributed by atoms with Crippen LogP contribution in [0.4, 0.5) is 0 Å². The number of morpholine rings is 1. The first-order valence-corrected chi connectivity index (χ1v) is 5.13. The third-order valence-electron chi connectivity index (χ3n) is 2.82. The molecule has 2 atom stereocenters. The third kappa shape index (κ3) is 1.63. The van der Waals surface area contributed by atoms with Crippen LogP contribution in [-0.4, -0.2) is 35.1 Å². The maximum absolute atomic E-state index is 5.75. The molecule has 2 unspecified atom stereocenters. The van der Waals surface area contributed by atoms with E-state index in [-0.39, 0.29) is 4.87 Å². The van der Waals surface area contributed by atoms with Crippen LogP contribution in [-0.2, 0) is 4.74 Å². The van der Waals surface area contributed by atoms with Crippen LogP contribution >= 0.6 is 12.6 Å². The first-order chi connectivity index (χ1) is 5.55. The lowest BCUT2D eigenvalue weighted by atomic mass is 10.2. The van der Waals surface area contributed by atoms with E-state index in [1.54, 1.807) is 0 Å². The summed E-state index contributed by atoms with van der Waals surface area (Å²) >= 11 is 4.58. The van der Waals surface area contributed by atoms with Gasteiger partial charge in [-0.1, -0.05) is 0 Å². The van der Waals surface area contributed by atoms with Gasteiger partial charge in [-0.25, -0.2) is 0 Å². The molecule has 70 valence electrons. The van der Waals surface area contributed by atoms with Crippen LogP contribution in [0.2, 0.25) is 0 Å². The van der Waals surface area contributed by atoms with E-state index in [1.165, 1.54) is 12.8 Å². The number of nitrogens with zero attached hydrogens (tertiary/aromatic N) is 1. The molecule has 12 heavy (non-hydrogen) atoms.